The van der Waals surface area contributed by atoms with Crippen molar-refractivity contribution < 1.29 is 14.3 Å². The first kappa shape index (κ1) is 25.0. The zero-order valence-electron chi connectivity index (χ0n) is 20.7. The number of aromatic nitrogens is 2. The van der Waals surface area contributed by atoms with Crippen molar-refractivity contribution in [2.45, 2.75) is 32.4 Å². The molecule has 1 aliphatic heterocycles. The van der Waals surface area contributed by atoms with Crippen LogP contribution >= 0.6 is 11.6 Å². The third-order valence-electron chi connectivity index (χ3n) is 6.61. The number of likely N-dealkylation sites (tertiary alicyclic amines) is 1. The van der Waals surface area contributed by atoms with Gasteiger partial charge in [-0.2, -0.15) is 0 Å². The molecule has 190 valence electrons. The predicted octanol–water partition coefficient (Wildman–Crippen LogP) is 5.45. The van der Waals surface area contributed by atoms with Gasteiger partial charge in [0.15, 0.2) is 0 Å². The molecule has 1 atom stereocenters. The smallest absolute Gasteiger partial charge is 0.254 e. The van der Waals surface area contributed by atoms with Crippen molar-refractivity contribution in [3.63, 3.8) is 0 Å². The van der Waals surface area contributed by atoms with Crippen molar-refractivity contribution in [1.29, 1.82) is 0 Å². The number of aromatic amines is 1. The van der Waals surface area contributed by atoms with Crippen LogP contribution in [-0.4, -0.2) is 46.4 Å². The molecule has 5 rings (SSSR count). The van der Waals surface area contributed by atoms with Crippen LogP contribution < -0.4 is 5.32 Å². The molecule has 0 saturated carbocycles. The first-order valence-corrected chi connectivity index (χ1v) is 12.8. The summed E-state index contributed by atoms with van der Waals surface area (Å²) in [6, 6.07) is 20.0. The molecule has 0 radical (unpaired) electrons. The van der Waals surface area contributed by atoms with Crippen molar-refractivity contribution >= 4 is 34.4 Å². The number of benzene rings is 3. The van der Waals surface area contributed by atoms with Gasteiger partial charge in [-0.05, 0) is 67.3 Å². The Morgan fingerprint density at radius 1 is 1.08 bits per heavy atom. The highest BCUT2D eigenvalue weighted by Crippen LogP contribution is 2.22. The van der Waals surface area contributed by atoms with Gasteiger partial charge in [0.25, 0.3) is 11.8 Å². The third-order valence-corrected chi connectivity index (χ3v) is 6.84. The van der Waals surface area contributed by atoms with Crippen molar-refractivity contribution in [2.75, 3.05) is 19.7 Å². The van der Waals surface area contributed by atoms with E-state index in [4.69, 9.17) is 16.3 Å². The Hall–Kier alpha value is -3.68. The van der Waals surface area contributed by atoms with Gasteiger partial charge in [0.05, 0.1) is 24.2 Å². The summed E-state index contributed by atoms with van der Waals surface area (Å²) in [5, 5.41) is 3.66. The lowest BCUT2D eigenvalue weighted by Gasteiger charge is -2.19. The fraction of sp³-hybridized carbons (Fsp3) is 0.276. The van der Waals surface area contributed by atoms with Gasteiger partial charge in [0.2, 0.25) is 0 Å². The van der Waals surface area contributed by atoms with Crippen LogP contribution in [0.5, 0.6) is 0 Å². The second-order valence-electron chi connectivity index (χ2n) is 9.34. The molecule has 0 aliphatic carbocycles. The first-order chi connectivity index (χ1) is 18.0. The van der Waals surface area contributed by atoms with Crippen LogP contribution in [0.4, 0.5) is 0 Å². The molecule has 0 spiro atoms. The average Bonchev–Trinajstić information content (AvgIpc) is 3.58. The van der Waals surface area contributed by atoms with Crippen molar-refractivity contribution in [1.82, 2.24) is 20.2 Å². The van der Waals surface area contributed by atoms with Crippen LogP contribution in [0.25, 0.3) is 11.0 Å². The highest BCUT2D eigenvalue weighted by molar-refractivity contribution is 6.31. The van der Waals surface area contributed by atoms with E-state index in [2.05, 4.69) is 15.3 Å². The predicted molar refractivity (Wildman–Crippen MR) is 144 cm³/mol. The van der Waals surface area contributed by atoms with Gasteiger partial charge >= 0.3 is 0 Å². The fourth-order valence-corrected chi connectivity index (χ4v) is 4.77. The number of nitrogens with zero attached hydrogens (tertiary/aromatic N) is 2. The third kappa shape index (κ3) is 5.84. The number of hydrogen-bond donors (Lipinski definition) is 2. The molecule has 7 nitrogen and oxygen atoms in total. The quantitative estimate of drug-likeness (QED) is 0.326. The van der Waals surface area contributed by atoms with Crippen molar-refractivity contribution in [3.8, 4) is 0 Å². The largest absolute Gasteiger partial charge is 0.374 e. The van der Waals surface area contributed by atoms with E-state index in [9.17, 15) is 9.59 Å². The highest BCUT2D eigenvalue weighted by atomic mass is 35.5. The number of halogens is 1. The van der Waals surface area contributed by atoms with Crippen LogP contribution in [0, 0.1) is 6.92 Å². The van der Waals surface area contributed by atoms with Gasteiger partial charge in [-0.1, -0.05) is 41.9 Å². The van der Waals surface area contributed by atoms with Crippen LogP contribution in [-0.2, 0) is 11.3 Å². The molecule has 8 heteroatoms. The molecule has 2 heterocycles. The molecule has 0 bridgehead atoms. The molecular weight excluding hydrogens is 488 g/mol. The van der Waals surface area contributed by atoms with Gasteiger partial charge < -0.3 is 19.9 Å². The zero-order valence-corrected chi connectivity index (χ0v) is 21.4. The molecule has 1 unspecified atom stereocenters. The summed E-state index contributed by atoms with van der Waals surface area (Å²) >= 11 is 6.15. The van der Waals surface area contributed by atoms with Crippen molar-refractivity contribution in [3.05, 3.63) is 99.8 Å². The highest BCUT2D eigenvalue weighted by Gasteiger charge is 2.23. The van der Waals surface area contributed by atoms with E-state index in [-0.39, 0.29) is 18.4 Å². The lowest BCUT2D eigenvalue weighted by molar-refractivity contribution is 0.0780. The number of carbonyl (C=O) groups excluding carboxylic acids is 2. The lowest BCUT2D eigenvalue weighted by Crippen LogP contribution is -2.32. The molecule has 3 aromatic carbocycles. The van der Waals surface area contributed by atoms with E-state index in [0.29, 0.717) is 28.6 Å². The molecule has 1 fully saturated rings. The van der Waals surface area contributed by atoms with Gasteiger partial charge in [0, 0.05) is 29.2 Å². The molecule has 1 aromatic heterocycles. The summed E-state index contributed by atoms with van der Waals surface area (Å²) in [6.45, 7) is 4.07. The monoisotopic (exact) mass is 516 g/mol. The minimum atomic E-state index is -0.520. The van der Waals surface area contributed by atoms with Crippen molar-refractivity contribution in [2.24, 2.45) is 0 Å². The molecule has 2 amide bonds. The summed E-state index contributed by atoms with van der Waals surface area (Å²) in [4.78, 5) is 35.9. The average molecular weight is 517 g/mol. The van der Waals surface area contributed by atoms with Crippen LogP contribution in [0.1, 0.15) is 56.6 Å². The second-order valence-corrected chi connectivity index (χ2v) is 9.78. The first-order valence-electron chi connectivity index (χ1n) is 12.5. The fourth-order valence-electron chi connectivity index (χ4n) is 4.60. The molecule has 1 aliphatic rings. The summed E-state index contributed by atoms with van der Waals surface area (Å²) in [7, 11) is 0. The number of imidazole rings is 1. The summed E-state index contributed by atoms with van der Waals surface area (Å²) in [6.07, 6.45) is 2.07. The van der Waals surface area contributed by atoms with Crippen LogP contribution in [0.15, 0.2) is 66.7 Å². The van der Waals surface area contributed by atoms with Gasteiger partial charge in [-0.3, -0.25) is 9.59 Å². The van der Waals surface area contributed by atoms with Gasteiger partial charge in [0.1, 0.15) is 11.9 Å². The summed E-state index contributed by atoms with van der Waals surface area (Å²) in [5.74, 6) is 0.335. The Morgan fingerprint density at radius 3 is 2.62 bits per heavy atom. The maximum atomic E-state index is 13.3. The molecule has 37 heavy (non-hydrogen) atoms. The number of rotatable bonds is 8. The number of amides is 2. The van der Waals surface area contributed by atoms with E-state index >= 15 is 0 Å². The Kier molecular flexibility index (Phi) is 7.53. The molecule has 2 N–H and O–H groups in total. The minimum Gasteiger partial charge on any atom is -0.374 e. The Labute approximate surface area is 220 Å². The number of ether oxygens (including phenoxy) is 1. The second kappa shape index (κ2) is 11.2. The Balaban J connectivity index is 1.34. The SMILES string of the molecule is Cc1cc(C(=O)NC(COCc2ccccc2)c2nc3ccc(Cl)cc3[nH]2)ccc1C(=O)N1CCCC1. The van der Waals surface area contributed by atoms with E-state index in [1.165, 1.54) is 0 Å². The maximum Gasteiger partial charge on any atom is 0.254 e. The van der Waals surface area contributed by atoms with E-state index < -0.39 is 6.04 Å². The number of fused-ring (bicyclic) bond motifs is 1. The topological polar surface area (TPSA) is 87.3 Å². The zero-order chi connectivity index (χ0) is 25.8. The Morgan fingerprint density at radius 2 is 1.86 bits per heavy atom. The molecular formula is C29H29ClN4O3. The Bertz CT molecular complexity index is 1410. The summed E-state index contributed by atoms with van der Waals surface area (Å²) in [5.41, 5.74) is 4.46. The number of nitrogens with one attached hydrogen (secondary N) is 2. The maximum absolute atomic E-state index is 13.3. The number of hydrogen-bond acceptors (Lipinski definition) is 4. The normalized spacial score (nSPS) is 14.2. The number of aryl methyl sites for hydroxylation is 1. The minimum absolute atomic E-state index is 0.0232. The molecule has 4 aromatic rings. The lowest BCUT2D eigenvalue weighted by atomic mass is 10.0. The van der Waals surface area contributed by atoms with E-state index in [1.807, 2.05) is 48.2 Å². The van der Waals surface area contributed by atoms with Crippen LogP contribution in [0.2, 0.25) is 5.02 Å². The van der Waals surface area contributed by atoms with Crippen LogP contribution in [0.3, 0.4) is 0 Å². The number of H-pyrrole nitrogens is 1. The molecule has 1 saturated heterocycles. The summed E-state index contributed by atoms with van der Waals surface area (Å²) < 4.78 is 5.97. The van der Waals surface area contributed by atoms with Gasteiger partial charge in [-0.25, -0.2) is 4.98 Å². The number of carbonyl (C=O) groups is 2. The van der Waals surface area contributed by atoms with E-state index in [0.717, 1.165) is 48.1 Å². The standard InChI is InChI=1S/C29H29ClN4O3/c1-19-15-21(9-11-23(19)29(36)34-13-5-6-14-34)28(35)33-26(18-37-17-20-7-3-2-4-8-20)27-31-24-12-10-22(30)16-25(24)32-27/h2-4,7-12,15-16,26H,5-6,13-14,17-18H2,1H3,(H,31,32)(H,33,35). The van der Waals surface area contributed by atoms with E-state index in [1.54, 1.807) is 30.3 Å². The van der Waals surface area contributed by atoms with Gasteiger partial charge in [-0.15, -0.1) is 0 Å².